The molecule has 90 heavy (non-hydrogen) atoms. The van der Waals surface area contributed by atoms with Crippen molar-refractivity contribution in [2.75, 3.05) is 26.4 Å². The SMILES string of the molecule is CC/C=C\C/C=C\C/C=C\C/C=C\C/C=C\C/C=C\CCCCCCCCCCCCCCCCCCC(=O)OC(COC(=O)CCCCCCCCCCCCCCCCCCCCCCCCCCCCCCCCCCCC)COP(=O)(O)OCCN. The van der Waals surface area contributed by atoms with Crippen LogP contribution in [0.15, 0.2) is 72.9 Å². The molecule has 3 N–H and O–H groups in total. The van der Waals surface area contributed by atoms with Gasteiger partial charge in [0.15, 0.2) is 6.10 Å². The molecule has 0 aromatic heterocycles. The monoisotopic (exact) mass is 1280 g/mol. The summed E-state index contributed by atoms with van der Waals surface area (Å²) in [4.78, 5) is 35.4. The number of esters is 2. The summed E-state index contributed by atoms with van der Waals surface area (Å²) < 4.78 is 33.3. The van der Waals surface area contributed by atoms with Crippen LogP contribution in [0, 0.1) is 0 Å². The lowest BCUT2D eigenvalue weighted by atomic mass is 10.0. The molecule has 0 spiro atoms. The van der Waals surface area contributed by atoms with Crippen molar-refractivity contribution in [3.05, 3.63) is 72.9 Å². The van der Waals surface area contributed by atoms with E-state index < -0.39 is 26.5 Å². The Bertz CT molecular complexity index is 1710. The molecular weight excluding hydrogens is 1130 g/mol. The molecular formula is C80H148NO8P. The number of unbranched alkanes of at least 4 members (excludes halogenated alkanes) is 49. The molecule has 0 amide bonds. The van der Waals surface area contributed by atoms with Crippen molar-refractivity contribution in [3.63, 3.8) is 0 Å². The molecule has 9 nitrogen and oxygen atoms in total. The first-order valence-electron chi connectivity index (χ1n) is 38.9. The van der Waals surface area contributed by atoms with Crippen molar-refractivity contribution in [3.8, 4) is 0 Å². The van der Waals surface area contributed by atoms with E-state index in [1.807, 2.05) is 0 Å². The van der Waals surface area contributed by atoms with Crippen LogP contribution in [0.25, 0.3) is 0 Å². The van der Waals surface area contributed by atoms with Gasteiger partial charge >= 0.3 is 19.8 Å². The average molecular weight is 1280 g/mol. The molecule has 0 heterocycles. The number of rotatable bonds is 74. The molecule has 0 rings (SSSR count). The maximum Gasteiger partial charge on any atom is 0.472 e. The summed E-state index contributed by atoms with van der Waals surface area (Å²) in [7, 11) is -4.40. The predicted octanol–water partition coefficient (Wildman–Crippen LogP) is 25.9. The maximum atomic E-state index is 12.8. The first kappa shape index (κ1) is 87.5. The van der Waals surface area contributed by atoms with Crippen molar-refractivity contribution >= 4 is 19.8 Å². The molecule has 0 aliphatic heterocycles. The van der Waals surface area contributed by atoms with Crippen molar-refractivity contribution < 1.29 is 37.6 Å². The van der Waals surface area contributed by atoms with E-state index in [9.17, 15) is 19.0 Å². The van der Waals surface area contributed by atoms with Gasteiger partial charge in [0.1, 0.15) is 6.61 Å². The predicted molar refractivity (Wildman–Crippen MR) is 390 cm³/mol. The number of nitrogens with two attached hydrogens (primary N) is 1. The lowest BCUT2D eigenvalue weighted by Gasteiger charge is -2.19. The molecule has 0 bridgehead atoms. The van der Waals surface area contributed by atoms with Gasteiger partial charge < -0.3 is 20.1 Å². The number of ether oxygens (including phenoxy) is 2. The largest absolute Gasteiger partial charge is 0.472 e. The first-order valence-corrected chi connectivity index (χ1v) is 40.4. The summed E-state index contributed by atoms with van der Waals surface area (Å²) in [6, 6.07) is 0. The summed E-state index contributed by atoms with van der Waals surface area (Å²) in [5, 5.41) is 0. The van der Waals surface area contributed by atoms with Crippen LogP contribution < -0.4 is 5.73 Å². The molecule has 2 unspecified atom stereocenters. The van der Waals surface area contributed by atoms with Gasteiger partial charge in [-0.05, 0) is 64.2 Å². The zero-order valence-corrected chi connectivity index (χ0v) is 60.3. The summed E-state index contributed by atoms with van der Waals surface area (Å²) in [5.41, 5.74) is 5.41. The second kappa shape index (κ2) is 75.5. The summed E-state index contributed by atoms with van der Waals surface area (Å²) in [6.07, 6.45) is 100. The molecule has 526 valence electrons. The molecule has 0 radical (unpaired) electrons. The van der Waals surface area contributed by atoms with E-state index >= 15 is 0 Å². The standard InChI is InChI=1S/C80H148NO8P/c1-3-5-7-9-11-13-15-17-19-21-23-25-27-29-31-33-35-37-39-41-43-45-47-49-51-53-55-57-59-61-63-65-67-69-71-73-80(83)89-78(77-88-90(84,85)87-75-74-81)76-86-79(82)72-70-68-66-64-62-60-58-56-54-52-50-48-46-44-42-40-38-36-34-32-30-28-26-24-22-20-18-16-14-12-10-8-6-4-2/h5,7,11,13,17,19,23,25,29,31,35,37,78H,3-4,6,8-10,12,14-16,18,20-22,24,26-28,30,32-34,36,38-77,81H2,1-2H3,(H,84,85)/b7-5-,13-11-,19-17-,25-23-,31-29-,37-35-. The highest BCUT2D eigenvalue weighted by Crippen LogP contribution is 2.43. The molecule has 0 saturated carbocycles. The van der Waals surface area contributed by atoms with Gasteiger partial charge in [0.25, 0.3) is 0 Å². The molecule has 0 fully saturated rings. The van der Waals surface area contributed by atoms with E-state index in [4.69, 9.17) is 24.3 Å². The van der Waals surface area contributed by atoms with Gasteiger partial charge in [0, 0.05) is 19.4 Å². The van der Waals surface area contributed by atoms with Gasteiger partial charge in [0.05, 0.1) is 13.2 Å². The highest BCUT2D eigenvalue weighted by Gasteiger charge is 2.26. The Kier molecular flexibility index (Phi) is 73.3. The minimum absolute atomic E-state index is 0.0541. The Balaban J connectivity index is 3.79. The average Bonchev–Trinajstić information content (AvgIpc) is 3.75. The Hall–Kier alpha value is -2.55. The zero-order valence-electron chi connectivity index (χ0n) is 59.4. The van der Waals surface area contributed by atoms with Crippen LogP contribution in [0.5, 0.6) is 0 Å². The lowest BCUT2D eigenvalue weighted by Crippen LogP contribution is -2.29. The zero-order chi connectivity index (χ0) is 65.1. The molecule has 0 aromatic rings. The third-order valence-corrected chi connectivity index (χ3v) is 18.3. The van der Waals surface area contributed by atoms with Crippen molar-refractivity contribution in [2.45, 2.75) is 399 Å². The van der Waals surface area contributed by atoms with Gasteiger partial charge in [-0.25, -0.2) is 4.57 Å². The summed E-state index contributed by atoms with van der Waals surface area (Å²) in [5.74, 6) is -0.808. The number of phosphoric acid groups is 1. The second-order valence-electron chi connectivity index (χ2n) is 26.2. The fourth-order valence-corrected chi connectivity index (χ4v) is 12.4. The number of phosphoric ester groups is 1. The van der Waals surface area contributed by atoms with Crippen LogP contribution >= 0.6 is 7.82 Å². The number of carbonyl (C=O) groups is 2. The molecule has 2 atom stereocenters. The Labute approximate surface area is 558 Å². The molecule has 0 saturated heterocycles. The van der Waals surface area contributed by atoms with E-state index in [0.717, 1.165) is 77.0 Å². The minimum Gasteiger partial charge on any atom is -0.462 e. The van der Waals surface area contributed by atoms with Crippen LogP contribution in [0.4, 0.5) is 0 Å². The van der Waals surface area contributed by atoms with Crippen LogP contribution in [0.3, 0.4) is 0 Å². The highest BCUT2D eigenvalue weighted by atomic mass is 31.2. The highest BCUT2D eigenvalue weighted by molar-refractivity contribution is 7.47. The van der Waals surface area contributed by atoms with E-state index in [0.29, 0.717) is 6.42 Å². The van der Waals surface area contributed by atoms with Gasteiger partial charge in [-0.15, -0.1) is 0 Å². The normalized spacial score (nSPS) is 13.2. The fraction of sp³-hybridized carbons (Fsp3) is 0.825. The number of hydrogen-bond donors (Lipinski definition) is 2. The van der Waals surface area contributed by atoms with Crippen molar-refractivity contribution in [1.82, 2.24) is 0 Å². The Morgan fingerprint density at radius 2 is 0.611 bits per heavy atom. The molecule has 0 aliphatic rings. The fourth-order valence-electron chi connectivity index (χ4n) is 11.6. The minimum atomic E-state index is -4.40. The Morgan fingerprint density at radius 1 is 0.344 bits per heavy atom. The van der Waals surface area contributed by atoms with Crippen molar-refractivity contribution in [2.24, 2.45) is 5.73 Å². The van der Waals surface area contributed by atoms with Crippen LogP contribution in [0.1, 0.15) is 393 Å². The first-order chi connectivity index (χ1) is 44.3. The smallest absolute Gasteiger partial charge is 0.462 e. The molecule has 10 heteroatoms. The number of carbonyl (C=O) groups excluding carboxylic acids is 2. The lowest BCUT2D eigenvalue weighted by molar-refractivity contribution is -0.161. The van der Waals surface area contributed by atoms with Gasteiger partial charge in [0.2, 0.25) is 0 Å². The van der Waals surface area contributed by atoms with Gasteiger partial charge in [-0.2, -0.15) is 0 Å². The van der Waals surface area contributed by atoms with E-state index in [1.54, 1.807) is 0 Å². The van der Waals surface area contributed by atoms with E-state index in [2.05, 4.69) is 86.8 Å². The molecule has 0 aromatic carbocycles. The van der Waals surface area contributed by atoms with Crippen LogP contribution in [-0.4, -0.2) is 49.3 Å². The summed E-state index contributed by atoms with van der Waals surface area (Å²) in [6.45, 7) is 3.70. The maximum absolute atomic E-state index is 12.8. The quantitative estimate of drug-likeness (QED) is 0.0264. The topological polar surface area (TPSA) is 134 Å². The Morgan fingerprint density at radius 3 is 0.911 bits per heavy atom. The summed E-state index contributed by atoms with van der Waals surface area (Å²) >= 11 is 0. The number of hydrogen-bond acceptors (Lipinski definition) is 8. The third kappa shape index (κ3) is 74.5. The molecule has 0 aliphatic carbocycles. The third-order valence-electron chi connectivity index (χ3n) is 17.4. The van der Waals surface area contributed by atoms with Gasteiger partial charge in [-0.3, -0.25) is 18.6 Å². The second-order valence-corrected chi connectivity index (χ2v) is 27.7. The van der Waals surface area contributed by atoms with Crippen LogP contribution in [0.2, 0.25) is 0 Å². The van der Waals surface area contributed by atoms with E-state index in [-0.39, 0.29) is 38.6 Å². The number of allylic oxidation sites excluding steroid dienone is 12. The van der Waals surface area contributed by atoms with Crippen LogP contribution in [-0.2, 0) is 32.7 Å². The van der Waals surface area contributed by atoms with Gasteiger partial charge in [-0.1, -0.05) is 389 Å². The van der Waals surface area contributed by atoms with E-state index in [1.165, 1.54) is 283 Å². The van der Waals surface area contributed by atoms with Crippen molar-refractivity contribution in [1.29, 1.82) is 0 Å².